The van der Waals surface area contributed by atoms with Crippen LogP contribution in [-0.2, 0) is 4.74 Å². The monoisotopic (exact) mass is 485 g/mol. The second-order valence-electron chi connectivity index (χ2n) is 9.61. The largest absolute Gasteiger partial charge is 0.497 e. The lowest BCUT2D eigenvalue weighted by Crippen LogP contribution is -2.55. The van der Waals surface area contributed by atoms with Crippen molar-refractivity contribution in [3.63, 3.8) is 0 Å². The Balaban J connectivity index is 1.47. The van der Waals surface area contributed by atoms with E-state index in [-0.39, 0.29) is 11.8 Å². The van der Waals surface area contributed by atoms with Crippen molar-refractivity contribution in [2.45, 2.75) is 31.9 Å². The first-order valence-electron chi connectivity index (χ1n) is 12.3. The molecule has 3 aliphatic rings. The second-order valence-corrected chi connectivity index (χ2v) is 9.61. The summed E-state index contributed by atoms with van der Waals surface area (Å²) in [5, 5.41) is 3.74. The van der Waals surface area contributed by atoms with E-state index < -0.39 is 12.2 Å². The maximum atomic E-state index is 13.2. The van der Waals surface area contributed by atoms with E-state index in [1.165, 1.54) is 6.92 Å². The van der Waals surface area contributed by atoms with E-state index in [9.17, 15) is 9.59 Å². The fraction of sp³-hybridized carbons (Fsp3) is 0.345. The molecule has 1 amide bonds. The minimum atomic E-state index is -0.536. The predicted octanol–water partition coefficient (Wildman–Crippen LogP) is 5.63. The number of fused-ring (bicyclic) bond motifs is 4. The van der Waals surface area contributed by atoms with Crippen LogP contribution >= 0.6 is 0 Å². The quantitative estimate of drug-likeness (QED) is 0.345. The van der Waals surface area contributed by atoms with Crippen molar-refractivity contribution < 1.29 is 19.1 Å². The molecule has 36 heavy (non-hydrogen) atoms. The minimum absolute atomic E-state index is 0.0246. The highest BCUT2D eigenvalue weighted by Gasteiger charge is 2.44. The number of anilines is 1. The first-order chi connectivity index (χ1) is 17.5. The summed E-state index contributed by atoms with van der Waals surface area (Å²) in [6.45, 7) is 7.44. The van der Waals surface area contributed by atoms with Gasteiger partial charge in [-0.05, 0) is 86.7 Å². The summed E-state index contributed by atoms with van der Waals surface area (Å²) in [5.74, 6) is 1.68. The molecule has 1 N–H and O–H groups in total. The fourth-order valence-electron chi connectivity index (χ4n) is 5.61. The highest BCUT2D eigenvalue weighted by atomic mass is 16.6. The predicted molar refractivity (Wildman–Crippen MR) is 139 cm³/mol. The first-order valence-corrected chi connectivity index (χ1v) is 12.3. The maximum Gasteiger partial charge on any atom is 0.412 e. The summed E-state index contributed by atoms with van der Waals surface area (Å²) in [6, 6.07) is 14.5. The number of hydrogen-bond donors (Lipinski definition) is 1. The topological polar surface area (TPSA) is 80.8 Å². The van der Waals surface area contributed by atoms with Gasteiger partial charge in [0, 0.05) is 34.9 Å². The SMILES string of the molecule is C=C[C@H]1CN2CC[C@H]1C[C@H]2[C@H](OC(=O)Nc1ccc(C(C)=O)cc1)c1ccnc2ccc(OC)cc12. The molecule has 3 fully saturated rings. The van der Waals surface area contributed by atoms with Crippen LogP contribution in [0.5, 0.6) is 5.75 Å². The summed E-state index contributed by atoms with van der Waals surface area (Å²) >= 11 is 0. The molecule has 3 aromatic rings. The lowest BCUT2D eigenvalue weighted by Gasteiger charge is -2.51. The van der Waals surface area contributed by atoms with E-state index in [1.807, 2.05) is 24.3 Å². The number of Topliss-reactive ketones (excluding diaryl/α,β-unsaturated/α-hetero) is 1. The van der Waals surface area contributed by atoms with Crippen molar-refractivity contribution in [2.75, 3.05) is 25.5 Å². The summed E-state index contributed by atoms with van der Waals surface area (Å²) in [4.78, 5) is 31.7. The molecule has 1 aromatic heterocycles. The van der Waals surface area contributed by atoms with Crippen LogP contribution in [0.25, 0.3) is 10.9 Å². The number of hydrogen-bond acceptors (Lipinski definition) is 6. The van der Waals surface area contributed by atoms with Gasteiger partial charge in [-0.1, -0.05) is 6.08 Å². The summed E-state index contributed by atoms with van der Waals surface area (Å²) in [5.41, 5.74) is 2.89. The smallest absolute Gasteiger partial charge is 0.412 e. The number of carbonyl (C=O) groups is 2. The molecule has 186 valence electrons. The van der Waals surface area contributed by atoms with Crippen LogP contribution < -0.4 is 10.1 Å². The van der Waals surface area contributed by atoms with Gasteiger partial charge in [-0.25, -0.2) is 4.79 Å². The van der Waals surface area contributed by atoms with Crippen molar-refractivity contribution in [3.8, 4) is 5.75 Å². The number of amides is 1. The zero-order valence-electron chi connectivity index (χ0n) is 20.6. The third-order valence-corrected chi connectivity index (χ3v) is 7.56. The molecule has 1 unspecified atom stereocenters. The molecular formula is C29H31N3O4. The molecule has 7 nitrogen and oxygen atoms in total. The van der Waals surface area contributed by atoms with Crippen LogP contribution in [0.2, 0.25) is 0 Å². The van der Waals surface area contributed by atoms with Gasteiger partial charge in [-0.2, -0.15) is 0 Å². The van der Waals surface area contributed by atoms with Crippen molar-refractivity contribution in [1.29, 1.82) is 0 Å². The van der Waals surface area contributed by atoms with Gasteiger partial charge in [0.15, 0.2) is 5.78 Å². The highest BCUT2D eigenvalue weighted by molar-refractivity contribution is 5.95. The van der Waals surface area contributed by atoms with E-state index in [0.29, 0.717) is 23.1 Å². The van der Waals surface area contributed by atoms with Crippen molar-refractivity contribution in [1.82, 2.24) is 9.88 Å². The van der Waals surface area contributed by atoms with Gasteiger partial charge in [0.2, 0.25) is 0 Å². The second kappa shape index (κ2) is 10.1. The molecule has 2 bridgehead atoms. The maximum absolute atomic E-state index is 13.2. The average molecular weight is 486 g/mol. The number of nitrogens with one attached hydrogen (secondary N) is 1. The fourth-order valence-corrected chi connectivity index (χ4v) is 5.61. The number of ketones is 1. The van der Waals surface area contributed by atoms with Gasteiger partial charge in [0.25, 0.3) is 0 Å². The number of rotatable bonds is 7. The van der Waals surface area contributed by atoms with E-state index in [0.717, 1.165) is 48.1 Å². The number of nitrogens with zero attached hydrogens (tertiary/aromatic N) is 2. The van der Waals surface area contributed by atoms with Crippen LogP contribution in [0.3, 0.4) is 0 Å². The molecule has 5 atom stereocenters. The Morgan fingerprint density at radius 3 is 2.67 bits per heavy atom. The molecule has 7 heteroatoms. The highest BCUT2D eigenvalue weighted by Crippen LogP contribution is 2.43. The van der Waals surface area contributed by atoms with E-state index in [1.54, 1.807) is 37.6 Å². The van der Waals surface area contributed by atoms with Gasteiger partial charge < -0.3 is 9.47 Å². The molecule has 6 rings (SSSR count). The van der Waals surface area contributed by atoms with Crippen LogP contribution in [0.4, 0.5) is 10.5 Å². The van der Waals surface area contributed by atoms with Crippen LogP contribution in [0.15, 0.2) is 67.4 Å². The Labute approximate surface area is 211 Å². The van der Waals surface area contributed by atoms with E-state index in [4.69, 9.17) is 9.47 Å². The van der Waals surface area contributed by atoms with E-state index in [2.05, 4.69) is 27.9 Å². The summed E-state index contributed by atoms with van der Waals surface area (Å²) < 4.78 is 11.7. The van der Waals surface area contributed by atoms with Gasteiger partial charge in [0.1, 0.15) is 11.9 Å². The number of benzene rings is 2. The number of carbonyl (C=O) groups excluding carboxylic acids is 2. The van der Waals surface area contributed by atoms with Gasteiger partial charge >= 0.3 is 6.09 Å². The number of aromatic nitrogens is 1. The Morgan fingerprint density at radius 1 is 1.19 bits per heavy atom. The first kappa shape index (κ1) is 24.0. The molecule has 0 saturated carbocycles. The number of ether oxygens (including phenoxy) is 2. The van der Waals surface area contributed by atoms with Crippen LogP contribution in [0.1, 0.15) is 41.8 Å². The van der Waals surface area contributed by atoms with Crippen molar-refractivity contribution in [3.05, 3.63) is 78.5 Å². The summed E-state index contributed by atoms with van der Waals surface area (Å²) in [6.07, 6.45) is 4.85. The molecule has 3 saturated heterocycles. The molecule has 0 spiro atoms. The molecule has 0 radical (unpaired) electrons. The van der Waals surface area contributed by atoms with Crippen LogP contribution in [-0.4, -0.2) is 48.0 Å². The van der Waals surface area contributed by atoms with Gasteiger partial charge in [0.05, 0.1) is 18.7 Å². The zero-order valence-corrected chi connectivity index (χ0v) is 20.6. The Hall–Kier alpha value is -3.71. The molecule has 2 aromatic carbocycles. The summed E-state index contributed by atoms with van der Waals surface area (Å²) in [7, 11) is 1.64. The number of methoxy groups -OCH3 is 1. The minimum Gasteiger partial charge on any atom is -0.497 e. The lowest BCUT2D eigenvalue weighted by molar-refractivity contribution is -0.0473. The third kappa shape index (κ3) is 4.71. The normalized spacial score (nSPS) is 23.6. The molecular weight excluding hydrogens is 454 g/mol. The van der Waals surface area contributed by atoms with Gasteiger partial charge in [-0.3, -0.25) is 20.0 Å². The number of piperidine rings is 3. The average Bonchev–Trinajstić information content (AvgIpc) is 2.91. The zero-order chi connectivity index (χ0) is 25.2. The molecule has 4 heterocycles. The number of pyridine rings is 1. The van der Waals surface area contributed by atoms with Crippen LogP contribution in [0, 0.1) is 11.8 Å². The molecule has 3 aliphatic heterocycles. The Kier molecular flexibility index (Phi) is 6.74. The van der Waals surface area contributed by atoms with Crippen molar-refractivity contribution >= 4 is 28.5 Å². The third-order valence-electron chi connectivity index (χ3n) is 7.56. The standard InChI is InChI=1S/C29H31N3O4/c1-4-19-17-32-14-12-21(19)15-27(32)28(24-11-13-30-26-10-9-23(35-3)16-25(24)26)36-29(34)31-22-7-5-20(6-8-22)18(2)33/h4-11,13,16,19,21,27-28H,1,12,14-15,17H2,2-3H3,(H,31,34)/t19-,21-,27-,28+/m0/s1. The van der Waals surface area contributed by atoms with Crippen molar-refractivity contribution in [2.24, 2.45) is 11.8 Å². The molecule has 0 aliphatic carbocycles. The Morgan fingerprint density at radius 2 is 2.00 bits per heavy atom. The lowest BCUT2D eigenvalue weighted by atomic mass is 9.73. The van der Waals surface area contributed by atoms with E-state index >= 15 is 0 Å². The Bertz CT molecular complexity index is 1290. The van der Waals surface area contributed by atoms with Gasteiger partial charge in [-0.15, -0.1) is 6.58 Å².